The first-order valence-electron chi connectivity index (χ1n) is 10.1. The van der Waals surface area contributed by atoms with E-state index in [1.54, 1.807) is 0 Å². The fourth-order valence-corrected chi connectivity index (χ4v) is 4.20. The highest BCUT2D eigenvalue weighted by atomic mass is 16.6. The van der Waals surface area contributed by atoms with E-state index in [0.717, 1.165) is 32.5 Å². The van der Waals surface area contributed by atoms with E-state index in [1.165, 1.54) is 25.7 Å². The number of hydrogen-bond acceptors (Lipinski definition) is 4. The maximum absolute atomic E-state index is 12.6. The Kier molecular flexibility index (Phi) is 7.56. The first-order valence-corrected chi connectivity index (χ1v) is 10.1. The summed E-state index contributed by atoms with van der Waals surface area (Å²) < 4.78 is 11.3. The summed E-state index contributed by atoms with van der Waals surface area (Å²) >= 11 is 0. The molecule has 0 aromatic carbocycles. The summed E-state index contributed by atoms with van der Waals surface area (Å²) in [6.45, 7) is 12.4. The number of hydrogen-bond donors (Lipinski definition) is 1. The highest BCUT2D eigenvalue weighted by molar-refractivity contribution is 5.69. The first-order chi connectivity index (χ1) is 11.8. The van der Waals surface area contributed by atoms with Crippen LogP contribution in [-0.2, 0) is 9.47 Å². The largest absolute Gasteiger partial charge is 0.444 e. The Bertz CT molecular complexity index is 420. The predicted molar refractivity (Wildman–Crippen MR) is 101 cm³/mol. The summed E-state index contributed by atoms with van der Waals surface area (Å²) in [5, 5.41) is 3.71. The number of amides is 1. The van der Waals surface area contributed by atoms with Gasteiger partial charge in [-0.2, -0.15) is 0 Å². The average Bonchev–Trinajstić information content (AvgIpc) is 2.99. The molecule has 1 heterocycles. The van der Waals surface area contributed by atoms with Gasteiger partial charge in [0.25, 0.3) is 0 Å². The Balaban J connectivity index is 1.94. The second-order valence-corrected chi connectivity index (χ2v) is 8.81. The molecule has 1 amide bonds. The second-order valence-electron chi connectivity index (χ2n) is 8.81. The quantitative estimate of drug-likeness (QED) is 0.734. The lowest BCUT2D eigenvalue weighted by Crippen LogP contribution is -2.51. The topological polar surface area (TPSA) is 50.8 Å². The third kappa shape index (κ3) is 6.45. The van der Waals surface area contributed by atoms with Gasteiger partial charge in [-0.25, -0.2) is 4.79 Å². The van der Waals surface area contributed by atoms with Crippen LogP contribution in [0.5, 0.6) is 0 Å². The van der Waals surface area contributed by atoms with Crippen molar-refractivity contribution in [2.45, 2.75) is 96.9 Å². The lowest BCUT2D eigenvalue weighted by Gasteiger charge is -2.40. The van der Waals surface area contributed by atoms with Gasteiger partial charge in [-0.1, -0.05) is 12.8 Å². The molecule has 1 aliphatic carbocycles. The molecule has 0 aromatic heterocycles. The predicted octanol–water partition coefficient (Wildman–Crippen LogP) is 3.96. The molecule has 2 fully saturated rings. The fourth-order valence-electron chi connectivity index (χ4n) is 4.20. The molecule has 3 atom stereocenters. The van der Waals surface area contributed by atoms with Crippen molar-refractivity contribution in [2.75, 3.05) is 19.7 Å². The Labute approximate surface area is 153 Å². The van der Waals surface area contributed by atoms with Crippen LogP contribution in [0.1, 0.15) is 73.1 Å². The van der Waals surface area contributed by atoms with Crippen LogP contribution < -0.4 is 5.32 Å². The fraction of sp³-hybridized carbons (Fsp3) is 0.950. The van der Waals surface area contributed by atoms with Crippen LogP contribution in [0.3, 0.4) is 0 Å². The van der Waals surface area contributed by atoms with Crippen LogP contribution in [0.15, 0.2) is 0 Å². The van der Waals surface area contributed by atoms with Gasteiger partial charge >= 0.3 is 6.09 Å². The van der Waals surface area contributed by atoms with E-state index in [0.29, 0.717) is 18.0 Å². The molecular formula is C20H38N2O3. The summed E-state index contributed by atoms with van der Waals surface area (Å²) in [6.07, 6.45) is 7.28. The standard InChI is InChI=1S/C20H38N2O3/c1-15(2)24-14-12-21-17-10-7-6-9-16(17)18-11-8-13-22(18)19(23)25-20(3,4)5/h15-18,21H,6-14H2,1-5H3. The molecule has 146 valence electrons. The molecular weight excluding hydrogens is 316 g/mol. The molecule has 0 aromatic rings. The van der Waals surface area contributed by atoms with Crippen molar-refractivity contribution in [1.82, 2.24) is 10.2 Å². The van der Waals surface area contributed by atoms with Crippen LogP contribution in [0, 0.1) is 5.92 Å². The van der Waals surface area contributed by atoms with Gasteiger partial charge in [0.15, 0.2) is 0 Å². The van der Waals surface area contributed by atoms with Crippen LogP contribution >= 0.6 is 0 Å². The molecule has 1 saturated carbocycles. The van der Waals surface area contributed by atoms with Gasteiger partial charge in [-0.15, -0.1) is 0 Å². The Morgan fingerprint density at radius 2 is 1.88 bits per heavy atom. The molecule has 0 spiro atoms. The Morgan fingerprint density at radius 1 is 1.16 bits per heavy atom. The van der Waals surface area contributed by atoms with E-state index in [9.17, 15) is 4.79 Å². The smallest absolute Gasteiger partial charge is 0.410 e. The normalized spacial score (nSPS) is 27.8. The van der Waals surface area contributed by atoms with Crippen LogP contribution in [0.25, 0.3) is 0 Å². The zero-order valence-electron chi connectivity index (χ0n) is 16.8. The maximum atomic E-state index is 12.6. The van der Waals surface area contributed by atoms with Gasteiger partial charge in [-0.05, 0) is 66.2 Å². The molecule has 3 unspecified atom stereocenters. The third-order valence-electron chi connectivity index (χ3n) is 5.20. The lowest BCUT2D eigenvalue weighted by molar-refractivity contribution is 0.0126. The third-order valence-corrected chi connectivity index (χ3v) is 5.20. The van der Waals surface area contributed by atoms with Crippen LogP contribution in [0.2, 0.25) is 0 Å². The van der Waals surface area contributed by atoms with Crippen molar-refractivity contribution >= 4 is 6.09 Å². The number of ether oxygens (including phenoxy) is 2. The number of carbonyl (C=O) groups excluding carboxylic acids is 1. The van der Waals surface area contributed by atoms with Crippen molar-refractivity contribution in [2.24, 2.45) is 5.92 Å². The van der Waals surface area contributed by atoms with Crippen molar-refractivity contribution in [3.05, 3.63) is 0 Å². The van der Waals surface area contributed by atoms with Gasteiger partial charge < -0.3 is 19.7 Å². The van der Waals surface area contributed by atoms with Crippen molar-refractivity contribution in [3.63, 3.8) is 0 Å². The Morgan fingerprint density at radius 3 is 2.56 bits per heavy atom. The summed E-state index contributed by atoms with van der Waals surface area (Å²) in [5.41, 5.74) is -0.428. The molecule has 5 nitrogen and oxygen atoms in total. The molecule has 1 saturated heterocycles. The van der Waals surface area contributed by atoms with E-state index >= 15 is 0 Å². The summed E-state index contributed by atoms with van der Waals surface area (Å²) in [6, 6.07) is 0.802. The number of rotatable bonds is 6. The van der Waals surface area contributed by atoms with Gasteiger partial charge in [0.05, 0.1) is 12.7 Å². The number of nitrogens with one attached hydrogen (secondary N) is 1. The lowest BCUT2D eigenvalue weighted by atomic mass is 9.79. The summed E-state index contributed by atoms with van der Waals surface area (Å²) in [7, 11) is 0. The summed E-state index contributed by atoms with van der Waals surface area (Å²) in [4.78, 5) is 14.6. The van der Waals surface area contributed by atoms with E-state index in [2.05, 4.69) is 19.2 Å². The minimum atomic E-state index is -0.428. The molecule has 2 rings (SSSR count). The van der Waals surface area contributed by atoms with Crippen molar-refractivity contribution in [3.8, 4) is 0 Å². The highest BCUT2D eigenvalue weighted by Crippen LogP contribution is 2.35. The first kappa shape index (κ1) is 20.5. The highest BCUT2D eigenvalue weighted by Gasteiger charge is 2.40. The van der Waals surface area contributed by atoms with Gasteiger partial charge in [0.2, 0.25) is 0 Å². The van der Waals surface area contributed by atoms with E-state index in [1.807, 2.05) is 25.7 Å². The SMILES string of the molecule is CC(C)OCCNC1CCCCC1C1CCCN1C(=O)OC(C)(C)C. The molecule has 1 N–H and O–H groups in total. The zero-order valence-corrected chi connectivity index (χ0v) is 16.8. The van der Waals surface area contributed by atoms with Gasteiger partial charge in [0.1, 0.15) is 5.60 Å². The van der Waals surface area contributed by atoms with E-state index in [4.69, 9.17) is 9.47 Å². The van der Waals surface area contributed by atoms with Gasteiger partial charge in [-0.3, -0.25) is 0 Å². The number of carbonyl (C=O) groups is 1. The average molecular weight is 355 g/mol. The van der Waals surface area contributed by atoms with Crippen molar-refractivity contribution in [1.29, 1.82) is 0 Å². The molecule has 25 heavy (non-hydrogen) atoms. The van der Waals surface area contributed by atoms with Crippen LogP contribution in [-0.4, -0.2) is 54.5 Å². The van der Waals surface area contributed by atoms with Gasteiger partial charge in [0, 0.05) is 25.2 Å². The van der Waals surface area contributed by atoms with Crippen LogP contribution in [0.4, 0.5) is 4.79 Å². The molecule has 1 aliphatic heterocycles. The van der Waals surface area contributed by atoms with E-state index < -0.39 is 5.60 Å². The molecule has 0 radical (unpaired) electrons. The maximum Gasteiger partial charge on any atom is 0.410 e. The zero-order chi connectivity index (χ0) is 18.4. The summed E-state index contributed by atoms with van der Waals surface area (Å²) in [5.74, 6) is 0.530. The monoisotopic (exact) mass is 354 g/mol. The second kappa shape index (κ2) is 9.22. The van der Waals surface area contributed by atoms with E-state index in [-0.39, 0.29) is 12.2 Å². The molecule has 2 aliphatic rings. The van der Waals surface area contributed by atoms with Crippen molar-refractivity contribution < 1.29 is 14.3 Å². The number of likely N-dealkylation sites (tertiary alicyclic amines) is 1. The minimum absolute atomic E-state index is 0.137. The molecule has 0 bridgehead atoms. The minimum Gasteiger partial charge on any atom is -0.444 e. The number of nitrogens with zero attached hydrogens (tertiary/aromatic N) is 1. The molecule has 5 heteroatoms. The Hall–Kier alpha value is -0.810.